The third kappa shape index (κ3) is 4.12. The molecule has 2 aromatic rings. The molecule has 0 radical (unpaired) electrons. The Labute approximate surface area is 144 Å². The lowest BCUT2D eigenvalue weighted by Crippen LogP contribution is -2.31. The number of aromatic nitrogens is 1. The van der Waals surface area contributed by atoms with Crippen molar-refractivity contribution >= 4 is 22.5 Å². The molecule has 3 rings (SSSR count). The average molecular weight is 325 g/mol. The van der Waals surface area contributed by atoms with Gasteiger partial charge in [0.1, 0.15) is 0 Å². The van der Waals surface area contributed by atoms with Crippen molar-refractivity contribution < 1.29 is 4.79 Å². The molecule has 1 saturated carbocycles. The first-order chi connectivity index (χ1) is 11.7. The molecule has 1 aliphatic carbocycles. The zero-order chi connectivity index (χ0) is 16.9. The van der Waals surface area contributed by atoms with E-state index in [4.69, 9.17) is 0 Å². The monoisotopic (exact) mass is 325 g/mol. The number of hydrogen-bond donors (Lipinski definition) is 2. The minimum absolute atomic E-state index is 0.136. The lowest BCUT2D eigenvalue weighted by molar-refractivity contribution is -0.121. The number of aryl methyl sites for hydroxylation is 1. The number of hydrogen-bond acceptors (Lipinski definition) is 3. The second-order valence-electron chi connectivity index (χ2n) is 6.93. The summed E-state index contributed by atoms with van der Waals surface area (Å²) in [6.07, 6.45) is 6.02. The average Bonchev–Trinajstić information content (AvgIpc) is 2.60. The number of amides is 1. The molecule has 24 heavy (non-hydrogen) atoms. The number of benzene rings is 1. The van der Waals surface area contributed by atoms with Crippen LogP contribution in [-0.4, -0.2) is 24.0 Å². The number of pyridine rings is 1. The number of carbonyl (C=O) groups excluding carboxylic acids is 1. The van der Waals surface area contributed by atoms with Crippen LogP contribution < -0.4 is 10.6 Å². The van der Waals surface area contributed by atoms with Crippen LogP contribution in [0.2, 0.25) is 0 Å². The van der Waals surface area contributed by atoms with Gasteiger partial charge in [0.15, 0.2) is 0 Å². The first kappa shape index (κ1) is 16.9. The summed E-state index contributed by atoms with van der Waals surface area (Å²) in [5, 5.41) is 7.54. The quantitative estimate of drug-likeness (QED) is 0.876. The Morgan fingerprint density at radius 1 is 1.21 bits per heavy atom. The van der Waals surface area contributed by atoms with E-state index in [0.29, 0.717) is 0 Å². The molecule has 4 heteroatoms. The van der Waals surface area contributed by atoms with Gasteiger partial charge in [0, 0.05) is 11.3 Å². The fourth-order valence-corrected chi connectivity index (χ4v) is 3.52. The number of carbonyl (C=O) groups is 1. The Bertz CT molecular complexity index is 705. The van der Waals surface area contributed by atoms with E-state index in [-0.39, 0.29) is 11.8 Å². The highest BCUT2D eigenvalue weighted by molar-refractivity contribution is 5.94. The maximum Gasteiger partial charge on any atom is 0.227 e. The summed E-state index contributed by atoms with van der Waals surface area (Å²) >= 11 is 0. The van der Waals surface area contributed by atoms with Gasteiger partial charge in [-0.25, -0.2) is 0 Å². The van der Waals surface area contributed by atoms with Gasteiger partial charge in [-0.3, -0.25) is 9.78 Å². The van der Waals surface area contributed by atoms with Crippen molar-refractivity contribution in [2.75, 3.05) is 18.4 Å². The molecular formula is C20H27N3O. The SMILES string of the molecule is CCNCC1CCC(C(=O)Nc2cnc3cc(C)ccc3c2)CC1. The molecule has 2 N–H and O–H groups in total. The van der Waals surface area contributed by atoms with Gasteiger partial charge in [-0.2, -0.15) is 0 Å². The smallest absolute Gasteiger partial charge is 0.227 e. The molecule has 0 aliphatic heterocycles. The Morgan fingerprint density at radius 3 is 2.75 bits per heavy atom. The van der Waals surface area contributed by atoms with Gasteiger partial charge in [0.2, 0.25) is 5.91 Å². The Morgan fingerprint density at radius 2 is 2.00 bits per heavy atom. The molecule has 1 fully saturated rings. The molecule has 128 valence electrons. The first-order valence-electron chi connectivity index (χ1n) is 9.03. The molecule has 0 spiro atoms. The molecule has 1 heterocycles. The zero-order valence-electron chi connectivity index (χ0n) is 14.6. The van der Waals surface area contributed by atoms with E-state index < -0.39 is 0 Å². The van der Waals surface area contributed by atoms with Gasteiger partial charge in [0.05, 0.1) is 17.4 Å². The van der Waals surface area contributed by atoms with Crippen molar-refractivity contribution in [3.05, 3.63) is 36.0 Å². The highest BCUT2D eigenvalue weighted by Gasteiger charge is 2.26. The molecule has 1 aromatic carbocycles. The number of fused-ring (bicyclic) bond motifs is 1. The van der Waals surface area contributed by atoms with Gasteiger partial charge in [-0.15, -0.1) is 0 Å². The van der Waals surface area contributed by atoms with Crippen molar-refractivity contribution in [3.8, 4) is 0 Å². The van der Waals surface area contributed by atoms with E-state index in [9.17, 15) is 4.79 Å². The molecular weight excluding hydrogens is 298 g/mol. The van der Waals surface area contributed by atoms with E-state index in [0.717, 1.165) is 61.3 Å². The van der Waals surface area contributed by atoms with E-state index in [2.05, 4.69) is 47.7 Å². The first-order valence-corrected chi connectivity index (χ1v) is 9.03. The van der Waals surface area contributed by atoms with Gasteiger partial charge in [-0.05, 0) is 69.3 Å². The summed E-state index contributed by atoms with van der Waals surface area (Å²) in [4.78, 5) is 17.0. The van der Waals surface area contributed by atoms with Crippen molar-refractivity contribution in [3.63, 3.8) is 0 Å². The van der Waals surface area contributed by atoms with Crippen molar-refractivity contribution in [1.29, 1.82) is 0 Å². The van der Waals surface area contributed by atoms with E-state index in [1.165, 1.54) is 5.56 Å². The van der Waals surface area contributed by atoms with Crippen LogP contribution in [0.15, 0.2) is 30.5 Å². The van der Waals surface area contributed by atoms with Gasteiger partial charge in [0.25, 0.3) is 0 Å². The Kier molecular flexibility index (Phi) is 5.46. The lowest BCUT2D eigenvalue weighted by atomic mass is 9.81. The molecule has 1 aliphatic rings. The maximum absolute atomic E-state index is 12.5. The highest BCUT2D eigenvalue weighted by atomic mass is 16.1. The molecule has 1 amide bonds. The topological polar surface area (TPSA) is 54.0 Å². The predicted molar refractivity (Wildman–Crippen MR) is 99.1 cm³/mol. The summed E-state index contributed by atoms with van der Waals surface area (Å²) in [5.74, 6) is 1.00. The van der Waals surface area contributed by atoms with Crippen LogP contribution in [0.1, 0.15) is 38.2 Å². The minimum atomic E-state index is 0.136. The molecule has 4 nitrogen and oxygen atoms in total. The van der Waals surface area contributed by atoms with Crippen LogP contribution in [0.4, 0.5) is 5.69 Å². The second kappa shape index (κ2) is 7.75. The second-order valence-corrected chi connectivity index (χ2v) is 6.93. The number of nitrogens with zero attached hydrogens (tertiary/aromatic N) is 1. The standard InChI is InChI=1S/C20H27N3O/c1-3-21-12-15-5-8-16(9-6-15)20(24)23-18-11-17-7-4-14(2)10-19(17)22-13-18/h4,7,10-11,13,15-16,21H,3,5-6,8-9,12H2,1-2H3,(H,23,24). The van der Waals surface area contributed by atoms with Crippen LogP contribution in [0.3, 0.4) is 0 Å². The van der Waals surface area contributed by atoms with Gasteiger partial charge in [-0.1, -0.05) is 19.1 Å². The maximum atomic E-state index is 12.5. The summed E-state index contributed by atoms with van der Waals surface area (Å²) < 4.78 is 0. The lowest BCUT2D eigenvalue weighted by Gasteiger charge is -2.27. The molecule has 0 bridgehead atoms. The van der Waals surface area contributed by atoms with E-state index in [1.54, 1.807) is 6.20 Å². The van der Waals surface area contributed by atoms with Crippen LogP contribution in [-0.2, 0) is 4.79 Å². The van der Waals surface area contributed by atoms with Crippen LogP contribution in [0.25, 0.3) is 10.9 Å². The van der Waals surface area contributed by atoms with Crippen LogP contribution in [0, 0.1) is 18.8 Å². The third-order valence-corrected chi connectivity index (χ3v) is 5.01. The number of rotatable bonds is 5. The predicted octanol–water partition coefficient (Wildman–Crippen LogP) is 3.90. The number of anilines is 1. The summed E-state index contributed by atoms with van der Waals surface area (Å²) in [6.45, 7) is 6.30. The molecule has 0 atom stereocenters. The summed E-state index contributed by atoms with van der Waals surface area (Å²) in [5.41, 5.74) is 2.96. The molecule has 0 unspecified atom stereocenters. The minimum Gasteiger partial charge on any atom is -0.324 e. The normalized spacial score (nSPS) is 20.9. The van der Waals surface area contributed by atoms with E-state index >= 15 is 0 Å². The zero-order valence-corrected chi connectivity index (χ0v) is 14.6. The summed E-state index contributed by atoms with van der Waals surface area (Å²) in [6, 6.07) is 8.20. The van der Waals surface area contributed by atoms with Gasteiger partial charge >= 0.3 is 0 Å². The van der Waals surface area contributed by atoms with Crippen LogP contribution in [0.5, 0.6) is 0 Å². The fraction of sp³-hybridized carbons (Fsp3) is 0.500. The highest BCUT2D eigenvalue weighted by Crippen LogP contribution is 2.29. The Balaban J connectivity index is 1.58. The largest absolute Gasteiger partial charge is 0.324 e. The van der Waals surface area contributed by atoms with Crippen molar-refractivity contribution in [2.24, 2.45) is 11.8 Å². The van der Waals surface area contributed by atoms with Crippen LogP contribution >= 0.6 is 0 Å². The van der Waals surface area contributed by atoms with Crippen molar-refractivity contribution in [1.82, 2.24) is 10.3 Å². The van der Waals surface area contributed by atoms with Gasteiger partial charge < -0.3 is 10.6 Å². The van der Waals surface area contributed by atoms with Crippen molar-refractivity contribution in [2.45, 2.75) is 39.5 Å². The Hall–Kier alpha value is -1.94. The summed E-state index contributed by atoms with van der Waals surface area (Å²) in [7, 11) is 0. The molecule has 1 aromatic heterocycles. The van der Waals surface area contributed by atoms with E-state index in [1.807, 2.05) is 6.07 Å². The number of nitrogens with one attached hydrogen (secondary N) is 2. The third-order valence-electron chi connectivity index (χ3n) is 5.01. The fourth-order valence-electron chi connectivity index (χ4n) is 3.52. The molecule has 0 saturated heterocycles.